The number of allylic oxidation sites excluding steroid dienone is 2. The Hall–Kier alpha value is -1.65. The van der Waals surface area contributed by atoms with Gasteiger partial charge < -0.3 is 5.11 Å². The van der Waals surface area contributed by atoms with Crippen LogP contribution in [0, 0.1) is 0 Å². The molecule has 114 valence electrons. The van der Waals surface area contributed by atoms with Crippen molar-refractivity contribution in [3.05, 3.63) is 58.8 Å². The topological polar surface area (TPSA) is 40.5 Å². The van der Waals surface area contributed by atoms with E-state index in [1.54, 1.807) is 29.6 Å². The summed E-state index contributed by atoms with van der Waals surface area (Å²) in [6.45, 7) is 12.8. The van der Waals surface area contributed by atoms with Crippen LogP contribution < -0.4 is 0 Å². The van der Waals surface area contributed by atoms with Crippen molar-refractivity contribution in [2.45, 2.75) is 32.9 Å². The highest BCUT2D eigenvalue weighted by atomic mass is 32.1. The number of thiophene rings is 1. The van der Waals surface area contributed by atoms with Crippen LogP contribution in [0.1, 0.15) is 24.3 Å². The summed E-state index contributed by atoms with van der Waals surface area (Å²) in [5.41, 5.74) is 1.92. The molecule has 1 unspecified atom stereocenters. The van der Waals surface area contributed by atoms with E-state index in [0.29, 0.717) is 12.1 Å². The van der Waals surface area contributed by atoms with Gasteiger partial charge in [0, 0.05) is 18.0 Å². The molecule has 2 heterocycles. The first kappa shape index (κ1) is 17.4. The summed E-state index contributed by atoms with van der Waals surface area (Å²) in [4.78, 5) is 14.9. The van der Waals surface area contributed by atoms with Gasteiger partial charge in [-0.15, -0.1) is 11.3 Å². The standard InChI is InChI=1S/C15H17NO2S.C2H6/c1-3-5-11(4-2)14(15(17)18)16-8-6-13-12(10-16)7-9-19-13;1-2/h3-5,7,9,14H,1-2,6,8,10H2,(H,17,18);1-2H3/b11-5+;. The SMILES string of the molecule is C=C/C=C(\C=C)C(C(=O)O)N1CCc2sccc2C1.CC. The van der Waals surface area contributed by atoms with Crippen molar-refractivity contribution in [1.29, 1.82) is 0 Å². The number of nitrogens with zero attached hydrogens (tertiary/aromatic N) is 1. The first-order chi connectivity index (χ1) is 10.2. The smallest absolute Gasteiger partial charge is 0.325 e. The van der Waals surface area contributed by atoms with Crippen LogP contribution in [0.5, 0.6) is 0 Å². The molecular weight excluding hydrogens is 282 g/mol. The fourth-order valence-electron chi connectivity index (χ4n) is 2.41. The van der Waals surface area contributed by atoms with Gasteiger partial charge in [-0.25, -0.2) is 0 Å². The molecule has 2 rings (SSSR count). The van der Waals surface area contributed by atoms with Gasteiger partial charge in [-0.3, -0.25) is 9.69 Å². The van der Waals surface area contributed by atoms with Gasteiger partial charge in [0.2, 0.25) is 0 Å². The highest BCUT2D eigenvalue weighted by Crippen LogP contribution is 2.27. The lowest BCUT2D eigenvalue weighted by Crippen LogP contribution is -2.44. The Morgan fingerprint density at radius 1 is 1.48 bits per heavy atom. The molecule has 0 aromatic carbocycles. The summed E-state index contributed by atoms with van der Waals surface area (Å²) in [6.07, 6.45) is 5.83. The summed E-state index contributed by atoms with van der Waals surface area (Å²) in [7, 11) is 0. The molecule has 21 heavy (non-hydrogen) atoms. The average Bonchev–Trinajstić information content (AvgIpc) is 2.96. The van der Waals surface area contributed by atoms with Crippen LogP contribution in [-0.2, 0) is 17.8 Å². The second kappa shape index (κ2) is 8.60. The molecule has 1 aromatic rings. The number of hydrogen-bond acceptors (Lipinski definition) is 3. The Labute approximate surface area is 130 Å². The Morgan fingerprint density at radius 3 is 2.76 bits per heavy atom. The molecule has 0 saturated heterocycles. The van der Waals surface area contributed by atoms with Crippen LogP contribution in [0.25, 0.3) is 0 Å². The summed E-state index contributed by atoms with van der Waals surface area (Å²) in [6, 6.07) is 1.43. The molecule has 4 heteroatoms. The molecule has 0 amide bonds. The van der Waals surface area contributed by atoms with Gasteiger partial charge in [0.1, 0.15) is 6.04 Å². The molecule has 0 saturated carbocycles. The zero-order valence-corrected chi connectivity index (χ0v) is 13.5. The average molecular weight is 305 g/mol. The third kappa shape index (κ3) is 4.16. The minimum atomic E-state index is -0.841. The Balaban J connectivity index is 0.00000106. The molecule has 0 radical (unpaired) electrons. The predicted octanol–water partition coefficient (Wildman–Crippen LogP) is 3.88. The number of carboxylic acids is 1. The van der Waals surface area contributed by atoms with Crippen molar-refractivity contribution in [3.63, 3.8) is 0 Å². The van der Waals surface area contributed by atoms with E-state index in [1.165, 1.54) is 10.4 Å². The van der Waals surface area contributed by atoms with Crippen molar-refractivity contribution in [2.24, 2.45) is 0 Å². The lowest BCUT2D eigenvalue weighted by molar-refractivity contribution is -0.142. The first-order valence-electron chi connectivity index (χ1n) is 7.14. The minimum absolute atomic E-state index is 0.649. The quantitative estimate of drug-likeness (QED) is 0.839. The molecule has 1 N–H and O–H groups in total. The molecule has 1 aromatic heterocycles. The molecule has 3 nitrogen and oxygen atoms in total. The lowest BCUT2D eigenvalue weighted by atomic mass is 10.0. The van der Waals surface area contributed by atoms with Gasteiger partial charge in [0.05, 0.1) is 0 Å². The van der Waals surface area contributed by atoms with Crippen LogP contribution in [0.3, 0.4) is 0 Å². The second-order valence-corrected chi connectivity index (χ2v) is 5.44. The largest absolute Gasteiger partial charge is 0.480 e. The van der Waals surface area contributed by atoms with Crippen LogP contribution in [0.2, 0.25) is 0 Å². The van der Waals surface area contributed by atoms with Crippen molar-refractivity contribution >= 4 is 17.3 Å². The zero-order chi connectivity index (χ0) is 15.8. The molecule has 0 fully saturated rings. The fraction of sp³-hybridized carbons (Fsp3) is 0.353. The molecule has 1 aliphatic rings. The van der Waals surface area contributed by atoms with E-state index in [-0.39, 0.29) is 0 Å². The predicted molar refractivity (Wildman–Crippen MR) is 89.7 cm³/mol. The summed E-state index contributed by atoms with van der Waals surface area (Å²) in [5, 5.41) is 11.6. The molecular formula is C17H23NO2S. The third-order valence-electron chi connectivity index (χ3n) is 3.30. The Bertz CT molecular complexity index is 531. The first-order valence-corrected chi connectivity index (χ1v) is 8.02. The van der Waals surface area contributed by atoms with Crippen LogP contribution >= 0.6 is 11.3 Å². The van der Waals surface area contributed by atoms with Crippen LogP contribution in [0.4, 0.5) is 0 Å². The van der Waals surface area contributed by atoms with E-state index in [0.717, 1.165) is 13.0 Å². The molecule has 1 aliphatic heterocycles. The number of fused-ring (bicyclic) bond motifs is 1. The number of rotatable bonds is 5. The van der Waals surface area contributed by atoms with E-state index < -0.39 is 12.0 Å². The molecule has 0 aliphatic carbocycles. The third-order valence-corrected chi connectivity index (χ3v) is 4.32. The Morgan fingerprint density at radius 2 is 2.19 bits per heavy atom. The van der Waals surface area contributed by atoms with Crippen molar-refractivity contribution < 1.29 is 9.90 Å². The van der Waals surface area contributed by atoms with Gasteiger partial charge in [0.25, 0.3) is 0 Å². The number of carbonyl (C=O) groups is 1. The fourth-order valence-corrected chi connectivity index (χ4v) is 3.30. The van der Waals surface area contributed by atoms with Crippen molar-refractivity contribution in [3.8, 4) is 0 Å². The van der Waals surface area contributed by atoms with E-state index >= 15 is 0 Å². The van der Waals surface area contributed by atoms with Gasteiger partial charge >= 0.3 is 5.97 Å². The van der Waals surface area contributed by atoms with E-state index in [1.807, 2.05) is 18.7 Å². The minimum Gasteiger partial charge on any atom is -0.480 e. The molecule has 0 spiro atoms. The number of aliphatic carboxylic acids is 1. The molecule has 0 bridgehead atoms. The van der Waals surface area contributed by atoms with Gasteiger partial charge in [0.15, 0.2) is 0 Å². The highest BCUT2D eigenvalue weighted by molar-refractivity contribution is 7.10. The Kier molecular flexibility index (Phi) is 7.12. The molecule has 1 atom stereocenters. The van der Waals surface area contributed by atoms with Gasteiger partial charge in [-0.05, 0) is 29.0 Å². The number of carboxylic acid groups (broad SMARTS) is 1. The van der Waals surface area contributed by atoms with E-state index in [2.05, 4.69) is 24.6 Å². The summed E-state index contributed by atoms with van der Waals surface area (Å²) < 4.78 is 0. The van der Waals surface area contributed by atoms with Gasteiger partial charge in [-0.2, -0.15) is 0 Å². The zero-order valence-electron chi connectivity index (χ0n) is 12.7. The maximum Gasteiger partial charge on any atom is 0.325 e. The normalized spacial score (nSPS) is 16.2. The van der Waals surface area contributed by atoms with Crippen LogP contribution in [-0.4, -0.2) is 28.6 Å². The maximum absolute atomic E-state index is 11.6. The van der Waals surface area contributed by atoms with Gasteiger partial charge in [-0.1, -0.05) is 45.2 Å². The number of hydrogen-bond donors (Lipinski definition) is 1. The van der Waals surface area contributed by atoms with E-state index in [9.17, 15) is 9.90 Å². The van der Waals surface area contributed by atoms with Crippen molar-refractivity contribution in [2.75, 3.05) is 6.54 Å². The summed E-state index contributed by atoms with van der Waals surface area (Å²) in [5.74, 6) is -0.841. The van der Waals surface area contributed by atoms with Crippen LogP contribution in [0.15, 0.2) is 48.4 Å². The lowest BCUT2D eigenvalue weighted by Gasteiger charge is -2.32. The monoisotopic (exact) mass is 305 g/mol. The van der Waals surface area contributed by atoms with E-state index in [4.69, 9.17) is 0 Å². The van der Waals surface area contributed by atoms with Crippen molar-refractivity contribution in [1.82, 2.24) is 4.90 Å². The summed E-state index contributed by atoms with van der Waals surface area (Å²) >= 11 is 1.75. The maximum atomic E-state index is 11.6. The second-order valence-electron chi connectivity index (χ2n) is 4.44. The highest BCUT2D eigenvalue weighted by Gasteiger charge is 2.30.